The fourth-order valence-electron chi connectivity index (χ4n) is 3.09. The van der Waals surface area contributed by atoms with Crippen LogP contribution in [0.3, 0.4) is 0 Å². The summed E-state index contributed by atoms with van der Waals surface area (Å²) in [5, 5.41) is 0. The maximum absolute atomic E-state index is 12.5. The van der Waals surface area contributed by atoms with Gasteiger partial charge in [-0.3, -0.25) is 24.2 Å². The number of unbranched alkanes of at least 4 members (excludes halogenated alkanes) is 1. The average Bonchev–Trinajstić information content (AvgIpc) is 2.88. The number of likely N-dealkylation sites (tertiary alicyclic amines) is 2. The lowest BCUT2D eigenvalue weighted by Crippen LogP contribution is -2.41. The Labute approximate surface area is 131 Å². The van der Waals surface area contributed by atoms with Crippen LogP contribution < -0.4 is 0 Å². The Kier molecular flexibility index (Phi) is 4.84. The molecule has 2 unspecified atom stereocenters. The molecule has 0 bridgehead atoms. The molecule has 120 valence electrons. The molecule has 0 spiro atoms. The second-order valence-corrected chi connectivity index (χ2v) is 6.31. The molecule has 5 nitrogen and oxygen atoms in total. The molecule has 2 aliphatic heterocycles. The van der Waals surface area contributed by atoms with Gasteiger partial charge in [0, 0.05) is 30.0 Å². The van der Waals surface area contributed by atoms with Crippen molar-refractivity contribution in [3.8, 4) is 0 Å². The van der Waals surface area contributed by atoms with Crippen LogP contribution in [0.1, 0.15) is 46.0 Å². The lowest BCUT2D eigenvalue weighted by atomic mass is 9.88. The maximum Gasteiger partial charge on any atom is 0.255 e. The third kappa shape index (κ3) is 2.98. The van der Waals surface area contributed by atoms with Gasteiger partial charge in [-0.25, -0.2) is 0 Å². The summed E-state index contributed by atoms with van der Waals surface area (Å²) < 4.78 is 0. The van der Waals surface area contributed by atoms with Crippen molar-refractivity contribution < 1.29 is 14.4 Å². The molecule has 0 aromatic rings. The van der Waals surface area contributed by atoms with Crippen molar-refractivity contribution in [3.05, 3.63) is 24.4 Å². The molecule has 2 aliphatic rings. The number of hydrogen-bond acceptors (Lipinski definition) is 3. The second-order valence-electron chi connectivity index (χ2n) is 6.31. The zero-order chi connectivity index (χ0) is 16.4. The highest BCUT2D eigenvalue weighted by Gasteiger charge is 2.43. The topological polar surface area (TPSA) is 57.7 Å². The Balaban J connectivity index is 2.05. The molecule has 2 fully saturated rings. The monoisotopic (exact) mass is 304 g/mol. The number of carbonyl (C=O) groups is 3. The van der Waals surface area contributed by atoms with Crippen LogP contribution in [0.15, 0.2) is 24.4 Å². The van der Waals surface area contributed by atoms with Gasteiger partial charge in [0.25, 0.3) is 5.91 Å². The Morgan fingerprint density at radius 2 is 1.91 bits per heavy atom. The molecule has 2 atom stereocenters. The molecular weight excluding hydrogens is 280 g/mol. The maximum atomic E-state index is 12.5. The summed E-state index contributed by atoms with van der Waals surface area (Å²) in [6.45, 7) is 11.6. The van der Waals surface area contributed by atoms with Gasteiger partial charge >= 0.3 is 0 Å². The van der Waals surface area contributed by atoms with Gasteiger partial charge in [-0.2, -0.15) is 0 Å². The van der Waals surface area contributed by atoms with Crippen LogP contribution in [-0.2, 0) is 14.4 Å². The number of nitrogens with zero attached hydrogens (tertiary/aromatic N) is 2. The van der Waals surface area contributed by atoms with E-state index in [1.54, 1.807) is 0 Å². The molecule has 0 saturated carbocycles. The number of imide groups is 1. The first-order valence-electron chi connectivity index (χ1n) is 7.88. The summed E-state index contributed by atoms with van der Waals surface area (Å²) in [7, 11) is 0. The minimum Gasteiger partial charge on any atom is -0.294 e. The van der Waals surface area contributed by atoms with Crippen LogP contribution in [0.5, 0.6) is 0 Å². The number of carbonyl (C=O) groups excluding carboxylic acids is 3. The molecule has 0 radical (unpaired) electrons. The summed E-state index contributed by atoms with van der Waals surface area (Å²) in [6, 6.07) is 0. The van der Waals surface area contributed by atoms with Gasteiger partial charge in [0.15, 0.2) is 0 Å². The lowest BCUT2D eigenvalue weighted by Gasteiger charge is -2.24. The van der Waals surface area contributed by atoms with E-state index in [4.69, 9.17) is 0 Å². The number of hydrogen-bond donors (Lipinski definition) is 0. The highest BCUT2D eigenvalue weighted by atomic mass is 16.2. The van der Waals surface area contributed by atoms with Gasteiger partial charge in [-0.05, 0) is 12.3 Å². The van der Waals surface area contributed by atoms with E-state index < -0.39 is 0 Å². The standard InChI is InChI=1S/C17H24N2O3/c1-5-6-7-11(2)14-9-15(20)19(17(14)22)10-18-13(4)8-12(3)16(18)21/h11,14H,3-10H2,1-2H3. The number of amides is 3. The van der Waals surface area contributed by atoms with E-state index in [0.29, 0.717) is 17.7 Å². The molecule has 0 aliphatic carbocycles. The minimum atomic E-state index is -0.256. The van der Waals surface area contributed by atoms with Gasteiger partial charge in [0.2, 0.25) is 11.8 Å². The quantitative estimate of drug-likeness (QED) is 0.559. The summed E-state index contributed by atoms with van der Waals surface area (Å²) in [5.74, 6) is -0.668. The summed E-state index contributed by atoms with van der Waals surface area (Å²) >= 11 is 0. The van der Waals surface area contributed by atoms with Crippen molar-refractivity contribution in [1.82, 2.24) is 9.80 Å². The van der Waals surface area contributed by atoms with Gasteiger partial charge in [-0.15, -0.1) is 0 Å². The van der Waals surface area contributed by atoms with Crippen molar-refractivity contribution in [2.24, 2.45) is 11.8 Å². The molecule has 0 N–H and O–H groups in total. The third-order valence-corrected chi connectivity index (χ3v) is 4.61. The molecule has 2 heterocycles. The first-order chi connectivity index (χ1) is 10.4. The zero-order valence-electron chi connectivity index (χ0n) is 13.4. The van der Waals surface area contributed by atoms with Crippen LogP contribution in [-0.4, -0.2) is 34.2 Å². The van der Waals surface area contributed by atoms with Crippen LogP contribution in [0.25, 0.3) is 0 Å². The van der Waals surface area contributed by atoms with Gasteiger partial charge in [0.1, 0.15) is 6.67 Å². The SMILES string of the molecule is C=C1CC(=C)N(CN2C(=O)CC(C(C)CCCC)C2=O)C1=O. The number of allylic oxidation sites excluding steroid dienone is 1. The molecule has 0 aromatic heterocycles. The summed E-state index contributed by atoms with van der Waals surface area (Å²) in [6.07, 6.45) is 3.73. The molecule has 5 heteroatoms. The molecule has 0 aromatic carbocycles. The van der Waals surface area contributed by atoms with Crippen molar-refractivity contribution in [3.63, 3.8) is 0 Å². The molecule has 3 amide bonds. The van der Waals surface area contributed by atoms with E-state index >= 15 is 0 Å². The van der Waals surface area contributed by atoms with E-state index in [1.807, 2.05) is 6.92 Å². The predicted molar refractivity (Wildman–Crippen MR) is 83.3 cm³/mol. The molecule has 2 saturated heterocycles. The third-order valence-electron chi connectivity index (χ3n) is 4.61. The first kappa shape index (κ1) is 16.5. The molecule has 2 rings (SSSR count). The van der Waals surface area contributed by atoms with Crippen molar-refractivity contribution in [2.75, 3.05) is 6.67 Å². The van der Waals surface area contributed by atoms with Gasteiger partial charge in [-0.1, -0.05) is 39.8 Å². The van der Waals surface area contributed by atoms with E-state index in [2.05, 4.69) is 20.1 Å². The largest absolute Gasteiger partial charge is 0.294 e. The molecule has 22 heavy (non-hydrogen) atoms. The highest BCUT2D eigenvalue weighted by Crippen LogP contribution is 2.32. The lowest BCUT2D eigenvalue weighted by molar-refractivity contribution is -0.143. The van der Waals surface area contributed by atoms with Crippen molar-refractivity contribution >= 4 is 17.7 Å². The fourth-order valence-corrected chi connectivity index (χ4v) is 3.09. The van der Waals surface area contributed by atoms with Crippen LogP contribution in [0.2, 0.25) is 0 Å². The van der Waals surface area contributed by atoms with Crippen LogP contribution in [0.4, 0.5) is 0 Å². The second kappa shape index (κ2) is 6.46. The van der Waals surface area contributed by atoms with E-state index in [9.17, 15) is 14.4 Å². The van der Waals surface area contributed by atoms with E-state index in [0.717, 1.165) is 19.3 Å². The summed E-state index contributed by atoms with van der Waals surface area (Å²) in [5.41, 5.74) is 1.05. The van der Waals surface area contributed by atoms with Gasteiger partial charge < -0.3 is 0 Å². The van der Waals surface area contributed by atoms with Crippen molar-refractivity contribution in [1.29, 1.82) is 0 Å². The fraction of sp³-hybridized carbons (Fsp3) is 0.588. The predicted octanol–water partition coefficient (Wildman–Crippen LogP) is 2.45. The Hall–Kier alpha value is -1.91. The van der Waals surface area contributed by atoms with Gasteiger partial charge in [0.05, 0.1) is 0 Å². The number of rotatable bonds is 6. The van der Waals surface area contributed by atoms with Crippen molar-refractivity contribution in [2.45, 2.75) is 46.0 Å². The Morgan fingerprint density at radius 1 is 1.23 bits per heavy atom. The molecular formula is C17H24N2O3. The Bertz CT molecular complexity index is 538. The first-order valence-corrected chi connectivity index (χ1v) is 7.88. The Morgan fingerprint density at radius 3 is 2.45 bits per heavy atom. The van der Waals surface area contributed by atoms with Crippen LogP contribution >= 0.6 is 0 Å². The zero-order valence-corrected chi connectivity index (χ0v) is 13.4. The minimum absolute atomic E-state index is 0.0225. The van der Waals surface area contributed by atoms with E-state index in [-0.39, 0.29) is 42.6 Å². The van der Waals surface area contributed by atoms with E-state index in [1.165, 1.54) is 9.80 Å². The van der Waals surface area contributed by atoms with Crippen LogP contribution in [0, 0.1) is 11.8 Å². The summed E-state index contributed by atoms with van der Waals surface area (Å²) in [4.78, 5) is 39.3. The highest BCUT2D eigenvalue weighted by molar-refractivity contribution is 6.04. The average molecular weight is 304 g/mol. The smallest absolute Gasteiger partial charge is 0.255 e. The normalized spacial score (nSPS) is 23.9.